The van der Waals surface area contributed by atoms with Crippen LogP contribution < -0.4 is 0 Å². The van der Waals surface area contributed by atoms with Crippen LogP contribution in [-0.2, 0) is 0 Å². The van der Waals surface area contributed by atoms with Crippen molar-refractivity contribution < 1.29 is 5.11 Å². The van der Waals surface area contributed by atoms with Gasteiger partial charge in [-0.3, -0.25) is 0 Å². The number of allylic oxidation sites excluding steroid dienone is 5. The zero-order valence-corrected chi connectivity index (χ0v) is 12.7. The summed E-state index contributed by atoms with van der Waals surface area (Å²) in [7, 11) is 0. The topological polar surface area (TPSA) is 20.2 Å². The van der Waals surface area contributed by atoms with Gasteiger partial charge in [-0.2, -0.15) is 0 Å². The van der Waals surface area contributed by atoms with Gasteiger partial charge >= 0.3 is 0 Å². The highest BCUT2D eigenvalue weighted by Gasteiger charge is 1.91. The van der Waals surface area contributed by atoms with Crippen LogP contribution in [0, 0.1) is 0 Å². The van der Waals surface area contributed by atoms with E-state index in [1.165, 1.54) is 70.6 Å². The van der Waals surface area contributed by atoms with Gasteiger partial charge in [-0.15, -0.1) is 0 Å². The minimum Gasteiger partial charge on any atom is -0.516 e. The Morgan fingerprint density at radius 1 is 0.632 bits per heavy atom. The van der Waals surface area contributed by atoms with Crippen LogP contribution in [-0.4, -0.2) is 5.11 Å². The minimum absolute atomic E-state index is 1.05. The molecule has 1 N–H and O–H groups in total. The lowest BCUT2D eigenvalue weighted by Gasteiger charge is -2.01. The number of aliphatic hydroxyl groups excluding tert-OH is 1. The second kappa shape index (κ2) is 17.0. The number of aliphatic hydroxyl groups is 1. The number of unbranched alkanes of at least 4 members (excludes halogenated alkanes) is 10. The van der Waals surface area contributed by atoms with Gasteiger partial charge in [-0.05, 0) is 18.9 Å². The lowest BCUT2D eigenvalue weighted by molar-refractivity contribution is 0.474. The van der Waals surface area contributed by atoms with E-state index < -0.39 is 0 Å². The summed E-state index contributed by atoms with van der Waals surface area (Å²) in [6, 6.07) is 0. The molecule has 110 valence electrons. The lowest BCUT2D eigenvalue weighted by atomic mass is 10.1. The molecule has 1 nitrogen and oxygen atoms in total. The van der Waals surface area contributed by atoms with Gasteiger partial charge < -0.3 is 5.11 Å². The predicted molar refractivity (Wildman–Crippen MR) is 86.5 cm³/mol. The molecule has 0 saturated carbocycles. The van der Waals surface area contributed by atoms with Gasteiger partial charge in [-0.25, -0.2) is 0 Å². The molecular formula is C18H32O. The molecule has 0 heterocycles. The summed E-state index contributed by atoms with van der Waals surface area (Å²) in [5.74, 6) is 0. The van der Waals surface area contributed by atoms with Crippen molar-refractivity contribution in [2.45, 2.75) is 77.6 Å². The third-order valence-corrected chi connectivity index (χ3v) is 3.28. The van der Waals surface area contributed by atoms with E-state index in [9.17, 15) is 0 Å². The molecule has 0 fully saturated rings. The Labute approximate surface area is 120 Å². The monoisotopic (exact) mass is 264 g/mol. The fourth-order valence-corrected chi connectivity index (χ4v) is 2.10. The maximum Gasteiger partial charge on any atom is 0.0791 e. The van der Waals surface area contributed by atoms with Crippen LogP contribution in [0.5, 0.6) is 0 Å². The molecule has 0 bridgehead atoms. The summed E-state index contributed by atoms with van der Waals surface area (Å²) in [4.78, 5) is 0. The second-order valence-electron chi connectivity index (χ2n) is 5.13. The van der Waals surface area contributed by atoms with Gasteiger partial charge in [0, 0.05) is 0 Å². The summed E-state index contributed by atoms with van der Waals surface area (Å²) in [6.07, 6.45) is 25.8. The summed E-state index contributed by atoms with van der Waals surface area (Å²) >= 11 is 0. The lowest BCUT2D eigenvalue weighted by Crippen LogP contribution is -1.81. The SMILES string of the molecule is CCCCCCCCCCCC\C=C/C=C/C=C/O. The van der Waals surface area contributed by atoms with Crippen LogP contribution in [0.1, 0.15) is 77.6 Å². The highest BCUT2D eigenvalue weighted by Crippen LogP contribution is 2.11. The fourth-order valence-electron chi connectivity index (χ4n) is 2.10. The molecule has 0 aliphatic heterocycles. The molecule has 0 radical (unpaired) electrons. The van der Waals surface area contributed by atoms with Crippen molar-refractivity contribution >= 4 is 0 Å². The van der Waals surface area contributed by atoms with E-state index in [1.807, 2.05) is 18.2 Å². The Bertz CT molecular complexity index is 238. The molecule has 0 spiro atoms. The van der Waals surface area contributed by atoms with Crippen molar-refractivity contribution in [3.05, 3.63) is 36.6 Å². The molecule has 0 atom stereocenters. The predicted octanol–water partition coefficient (Wildman–Crippen LogP) is 6.48. The summed E-state index contributed by atoms with van der Waals surface area (Å²) in [5, 5.41) is 8.41. The third-order valence-electron chi connectivity index (χ3n) is 3.28. The zero-order valence-electron chi connectivity index (χ0n) is 12.7. The van der Waals surface area contributed by atoms with Crippen LogP contribution in [0.2, 0.25) is 0 Å². The Hall–Kier alpha value is -0.980. The molecule has 0 aromatic rings. The third kappa shape index (κ3) is 17.0. The maximum atomic E-state index is 8.41. The van der Waals surface area contributed by atoms with E-state index in [-0.39, 0.29) is 0 Å². The number of rotatable bonds is 13. The first-order chi connectivity index (χ1) is 9.41. The Morgan fingerprint density at radius 2 is 1.16 bits per heavy atom. The smallest absolute Gasteiger partial charge is 0.0791 e. The van der Waals surface area contributed by atoms with Crippen molar-refractivity contribution in [2.75, 3.05) is 0 Å². The van der Waals surface area contributed by atoms with E-state index in [0.29, 0.717) is 0 Å². The normalized spacial score (nSPS) is 12.3. The number of hydrogen-bond acceptors (Lipinski definition) is 1. The molecule has 0 aromatic heterocycles. The molecule has 0 rings (SSSR count). The van der Waals surface area contributed by atoms with Crippen LogP contribution in [0.25, 0.3) is 0 Å². The fraction of sp³-hybridized carbons (Fsp3) is 0.667. The Kier molecular flexibility index (Phi) is 16.1. The average molecular weight is 264 g/mol. The Balaban J connectivity index is 3.10. The first kappa shape index (κ1) is 18.0. The molecular weight excluding hydrogens is 232 g/mol. The molecule has 0 saturated heterocycles. The molecule has 0 amide bonds. The first-order valence-corrected chi connectivity index (χ1v) is 8.04. The summed E-state index contributed by atoms with van der Waals surface area (Å²) in [6.45, 7) is 2.27. The highest BCUT2D eigenvalue weighted by atomic mass is 16.2. The van der Waals surface area contributed by atoms with Crippen molar-refractivity contribution in [1.29, 1.82) is 0 Å². The molecule has 0 aromatic carbocycles. The van der Waals surface area contributed by atoms with Gasteiger partial charge in [0.25, 0.3) is 0 Å². The van der Waals surface area contributed by atoms with Gasteiger partial charge in [0.1, 0.15) is 0 Å². The first-order valence-electron chi connectivity index (χ1n) is 8.04. The van der Waals surface area contributed by atoms with Crippen LogP contribution in [0.15, 0.2) is 36.6 Å². The highest BCUT2D eigenvalue weighted by molar-refractivity contribution is 5.09. The average Bonchev–Trinajstić information content (AvgIpc) is 2.43. The minimum atomic E-state index is 1.05. The van der Waals surface area contributed by atoms with Gasteiger partial charge in [0.05, 0.1) is 6.26 Å². The van der Waals surface area contributed by atoms with Crippen molar-refractivity contribution in [3.8, 4) is 0 Å². The maximum absolute atomic E-state index is 8.41. The Morgan fingerprint density at radius 3 is 1.74 bits per heavy atom. The van der Waals surface area contributed by atoms with Crippen molar-refractivity contribution in [1.82, 2.24) is 0 Å². The molecule has 0 aliphatic rings. The van der Waals surface area contributed by atoms with Crippen LogP contribution in [0.4, 0.5) is 0 Å². The van der Waals surface area contributed by atoms with Crippen LogP contribution in [0.3, 0.4) is 0 Å². The zero-order chi connectivity index (χ0) is 14.0. The summed E-state index contributed by atoms with van der Waals surface area (Å²) < 4.78 is 0. The molecule has 1 heteroatoms. The number of hydrogen-bond donors (Lipinski definition) is 1. The molecule has 0 unspecified atom stereocenters. The van der Waals surface area contributed by atoms with Gasteiger partial charge in [0.2, 0.25) is 0 Å². The van der Waals surface area contributed by atoms with Crippen molar-refractivity contribution in [2.24, 2.45) is 0 Å². The standard InChI is InChI=1S/C18H32O/c1-2-3-4-5-6-7-8-9-10-11-12-13-14-15-16-17-18-19/h13-19H,2-12H2,1H3/b14-13-,16-15+,18-17+. The quantitative estimate of drug-likeness (QED) is 0.229. The largest absolute Gasteiger partial charge is 0.516 e. The van der Waals surface area contributed by atoms with Crippen molar-refractivity contribution in [3.63, 3.8) is 0 Å². The second-order valence-corrected chi connectivity index (χ2v) is 5.13. The molecule has 19 heavy (non-hydrogen) atoms. The van der Waals surface area contributed by atoms with E-state index in [2.05, 4.69) is 13.0 Å². The summed E-state index contributed by atoms with van der Waals surface area (Å²) in [5.41, 5.74) is 0. The van der Waals surface area contributed by atoms with E-state index in [4.69, 9.17) is 5.11 Å². The van der Waals surface area contributed by atoms with E-state index in [0.717, 1.165) is 6.26 Å². The van der Waals surface area contributed by atoms with E-state index >= 15 is 0 Å². The molecule has 0 aliphatic carbocycles. The van der Waals surface area contributed by atoms with Gasteiger partial charge in [-0.1, -0.05) is 89.0 Å². The van der Waals surface area contributed by atoms with Gasteiger partial charge in [0.15, 0.2) is 0 Å². The van der Waals surface area contributed by atoms with Crippen LogP contribution >= 0.6 is 0 Å². The van der Waals surface area contributed by atoms with E-state index in [1.54, 1.807) is 6.08 Å².